The largest absolute Gasteiger partial charge is 0.351 e. The average molecular weight is 275 g/mol. The zero-order valence-electron chi connectivity index (χ0n) is 9.86. The first kappa shape index (κ1) is 12.8. The fourth-order valence-electron chi connectivity index (χ4n) is 2.35. The number of halogens is 2. The van der Waals surface area contributed by atoms with E-state index < -0.39 is 0 Å². The van der Waals surface area contributed by atoms with Gasteiger partial charge in [0.1, 0.15) is 0 Å². The van der Waals surface area contributed by atoms with Gasteiger partial charge in [0.05, 0.1) is 0 Å². The molecule has 0 aliphatic carbocycles. The van der Waals surface area contributed by atoms with Gasteiger partial charge in [0, 0.05) is 12.6 Å². The van der Waals surface area contributed by atoms with E-state index in [1.54, 1.807) is 0 Å². The van der Waals surface area contributed by atoms with E-state index in [9.17, 15) is 0 Å². The third-order valence-electron chi connectivity index (χ3n) is 3.22. The molecule has 1 aromatic rings. The predicted octanol–water partition coefficient (Wildman–Crippen LogP) is 3.34. The summed E-state index contributed by atoms with van der Waals surface area (Å²) in [6, 6.07) is 0.475. The van der Waals surface area contributed by atoms with E-state index in [4.69, 9.17) is 23.2 Å². The van der Waals surface area contributed by atoms with Crippen LogP contribution in [0.4, 0.5) is 5.82 Å². The maximum atomic E-state index is 6.07. The van der Waals surface area contributed by atoms with Crippen molar-refractivity contribution < 1.29 is 0 Å². The summed E-state index contributed by atoms with van der Waals surface area (Å²) in [7, 11) is 0. The number of anilines is 1. The lowest BCUT2D eigenvalue weighted by molar-refractivity contribution is 0.551. The van der Waals surface area contributed by atoms with Gasteiger partial charge >= 0.3 is 0 Å². The van der Waals surface area contributed by atoms with Crippen molar-refractivity contribution in [1.29, 1.82) is 0 Å². The summed E-state index contributed by atoms with van der Waals surface area (Å²) in [5.41, 5.74) is 0. The van der Waals surface area contributed by atoms with Gasteiger partial charge in [-0.3, -0.25) is 0 Å². The molecule has 0 spiro atoms. The highest BCUT2D eigenvalue weighted by molar-refractivity contribution is 6.32. The molecule has 2 rings (SSSR count). The fourth-order valence-corrected chi connectivity index (χ4v) is 2.66. The van der Waals surface area contributed by atoms with Gasteiger partial charge in [0.25, 0.3) is 0 Å². The summed E-state index contributed by atoms with van der Waals surface area (Å²) in [5.74, 6) is 0.681. The molecule has 94 valence electrons. The molecule has 0 aromatic carbocycles. The average Bonchev–Trinajstić information content (AvgIpc) is 2.57. The Morgan fingerprint density at radius 1 is 1.24 bits per heavy atom. The summed E-state index contributed by atoms with van der Waals surface area (Å²) in [4.78, 5) is 6.45. The molecule has 1 fully saturated rings. The van der Waals surface area contributed by atoms with Crippen molar-refractivity contribution in [2.75, 3.05) is 11.4 Å². The van der Waals surface area contributed by atoms with Crippen LogP contribution >= 0.6 is 23.2 Å². The molecule has 1 aliphatic heterocycles. The Morgan fingerprint density at radius 2 is 2.06 bits per heavy atom. The van der Waals surface area contributed by atoms with Gasteiger partial charge in [0.15, 0.2) is 11.0 Å². The van der Waals surface area contributed by atoms with Crippen LogP contribution in [0.1, 0.15) is 39.0 Å². The smallest absolute Gasteiger partial charge is 0.245 e. The number of rotatable bonds is 2. The highest BCUT2D eigenvalue weighted by Gasteiger charge is 2.23. The monoisotopic (exact) mass is 274 g/mol. The predicted molar refractivity (Wildman–Crippen MR) is 69.7 cm³/mol. The van der Waals surface area contributed by atoms with Crippen LogP contribution < -0.4 is 4.90 Å². The molecule has 0 amide bonds. The quantitative estimate of drug-likeness (QED) is 0.830. The van der Waals surface area contributed by atoms with Gasteiger partial charge in [-0.1, -0.05) is 31.4 Å². The second-order valence-electron chi connectivity index (χ2n) is 4.30. The van der Waals surface area contributed by atoms with Crippen molar-refractivity contribution >= 4 is 29.0 Å². The molecule has 1 aromatic heterocycles. The molecule has 1 saturated heterocycles. The molecule has 0 bridgehead atoms. The van der Waals surface area contributed by atoms with Gasteiger partial charge in [-0.15, -0.1) is 10.2 Å². The zero-order valence-corrected chi connectivity index (χ0v) is 11.4. The number of hydrogen-bond donors (Lipinski definition) is 0. The van der Waals surface area contributed by atoms with Crippen LogP contribution in [0, 0.1) is 0 Å². The number of hydrogen-bond acceptors (Lipinski definition) is 4. The summed E-state index contributed by atoms with van der Waals surface area (Å²) in [6.45, 7) is 3.15. The fraction of sp³-hybridized carbons (Fsp3) is 0.727. The Balaban J connectivity index is 2.31. The second kappa shape index (κ2) is 5.83. The minimum absolute atomic E-state index is 0.156. The maximum absolute atomic E-state index is 6.07. The van der Waals surface area contributed by atoms with Crippen LogP contribution in [0.25, 0.3) is 0 Å². The van der Waals surface area contributed by atoms with E-state index in [-0.39, 0.29) is 5.28 Å². The lowest BCUT2D eigenvalue weighted by Crippen LogP contribution is -2.35. The Kier molecular flexibility index (Phi) is 4.40. The van der Waals surface area contributed by atoms with Crippen LogP contribution in [0.15, 0.2) is 0 Å². The summed E-state index contributed by atoms with van der Waals surface area (Å²) in [5, 5.41) is 7.99. The summed E-state index contributed by atoms with van der Waals surface area (Å²) in [6.07, 6.45) is 5.94. The lowest BCUT2D eigenvalue weighted by Gasteiger charge is -2.30. The molecular formula is C11H16Cl2N4. The topological polar surface area (TPSA) is 41.9 Å². The Hall–Kier alpha value is -0.610. The third kappa shape index (κ3) is 2.99. The molecule has 4 nitrogen and oxygen atoms in total. The zero-order chi connectivity index (χ0) is 12.3. The first-order chi connectivity index (χ1) is 8.22. The van der Waals surface area contributed by atoms with E-state index in [0.29, 0.717) is 17.0 Å². The highest BCUT2D eigenvalue weighted by atomic mass is 35.5. The van der Waals surface area contributed by atoms with Gasteiger partial charge in [-0.05, 0) is 30.9 Å². The van der Waals surface area contributed by atoms with E-state index >= 15 is 0 Å². The Labute approximate surface area is 111 Å². The molecular weight excluding hydrogens is 259 g/mol. The molecule has 1 aliphatic rings. The standard InChI is InChI=1S/C11H16Cl2N4/c1-2-8-6-4-3-5-7-17(8)10-9(12)15-16-11(13)14-10/h8H,2-7H2,1H3. The molecule has 0 radical (unpaired) electrons. The Morgan fingerprint density at radius 3 is 2.82 bits per heavy atom. The molecule has 1 unspecified atom stereocenters. The van der Waals surface area contributed by atoms with Crippen molar-refractivity contribution in [2.24, 2.45) is 0 Å². The summed E-state index contributed by atoms with van der Waals surface area (Å²) >= 11 is 11.9. The van der Waals surface area contributed by atoms with Crippen LogP contribution in [0.2, 0.25) is 10.4 Å². The second-order valence-corrected chi connectivity index (χ2v) is 5.00. The maximum Gasteiger partial charge on any atom is 0.245 e. The molecule has 1 atom stereocenters. The molecule has 6 heteroatoms. The highest BCUT2D eigenvalue weighted by Crippen LogP contribution is 2.28. The third-order valence-corrected chi connectivity index (χ3v) is 3.63. The Bertz CT molecular complexity index is 386. The van der Waals surface area contributed by atoms with Crippen LogP contribution in [0.5, 0.6) is 0 Å². The first-order valence-electron chi connectivity index (χ1n) is 6.04. The molecule has 2 heterocycles. The van der Waals surface area contributed by atoms with Crippen molar-refractivity contribution in [2.45, 2.75) is 45.1 Å². The molecule has 17 heavy (non-hydrogen) atoms. The van der Waals surface area contributed by atoms with E-state index in [1.807, 2.05) is 0 Å². The van der Waals surface area contributed by atoms with Gasteiger partial charge in [-0.25, -0.2) is 0 Å². The minimum atomic E-state index is 0.156. The van der Waals surface area contributed by atoms with E-state index in [0.717, 1.165) is 19.4 Å². The first-order valence-corrected chi connectivity index (χ1v) is 6.80. The van der Waals surface area contributed by atoms with Crippen molar-refractivity contribution in [1.82, 2.24) is 15.2 Å². The van der Waals surface area contributed by atoms with Crippen LogP contribution in [0.3, 0.4) is 0 Å². The van der Waals surface area contributed by atoms with E-state index in [1.165, 1.54) is 19.3 Å². The van der Waals surface area contributed by atoms with E-state index in [2.05, 4.69) is 27.0 Å². The van der Waals surface area contributed by atoms with Gasteiger partial charge in [-0.2, -0.15) is 4.98 Å². The summed E-state index contributed by atoms with van der Waals surface area (Å²) < 4.78 is 0. The van der Waals surface area contributed by atoms with Crippen LogP contribution in [-0.4, -0.2) is 27.8 Å². The number of aromatic nitrogens is 3. The lowest BCUT2D eigenvalue weighted by atomic mass is 10.1. The number of nitrogens with zero attached hydrogens (tertiary/aromatic N) is 4. The molecule has 0 N–H and O–H groups in total. The van der Waals surface area contributed by atoms with Crippen LogP contribution in [-0.2, 0) is 0 Å². The SMILES string of the molecule is CCC1CCCCCN1c1nc(Cl)nnc1Cl. The normalized spacial score (nSPS) is 21.4. The van der Waals surface area contributed by atoms with Gasteiger partial charge in [0.2, 0.25) is 5.28 Å². The van der Waals surface area contributed by atoms with Crippen molar-refractivity contribution in [3.63, 3.8) is 0 Å². The minimum Gasteiger partial charge on any atom is -0.351 e. The molecule has 0 saturated carbocycles. The van der Waals surface area contributed by atoms with Gasteiger partial charge < -0.3 is 4.90 Å². The van der Waals surface area contributed by atoms with Crippen molar-refractivity contribution in [3.05, 3.63) is 10.4 Å². The van der Waals surface area contributed by atoms with Crippen molar-refractivity contribution in [3.8, 4) is 0 Å².